The summed E-state index contributed by atoms with van der Waals surface area (Å²) in [6, 6.07) is 7.06. The number of hydrogen-bond donors (Lipinski definition) is 0. The van der Waals surface area contributed by atoms with Crippen LogP contribution in [-0.2, 0) is 42.9 Å². The third-order valence-corrected chi connectivity index (χ3v) is 6.65. The first kappa shape index (κ1) is 37.7. The van der Waals surface area contributed by atoms with Gasteiger partial charge in [-0.3, -0.25) is 24.2 Å². The Morgan fingerprint density at radius 1 is 0.667 bits per heavy atom. The Labute approximate surface area is 267 Å². The number of ether oxygens (including phenoxy) is 6. The molecule has 11 nitrogen and oxygen atoms in total. The van der Waals surface area contributed by atoms with Crippen LogP contribution in [0.1, 0.15) is 88.6 Å². The van der Waals surface area contributed by atoms with E-state index in [2.05, 4.69) is 4.99 Å². The van der Waals surface area contributed by atoms with Crippen LogP contribution in [0.3, 0.4) is 0 Å². The van der Waals surface area contributed by atoms with Crippen molar-refractivity contribution in [2.75, 3.05) is 13.7 Å². The molecule has 1 aliphatic rings. The molecule has 0 aromatic heterocycles. The predicted molar refractivity (Wildman–Crippen MR) is 168 cm³/mol. The molecule has 11 heteroatoms. The molecule has 1 aromatic carbocycles. The quantitative estimate of drug-likeness (QED) is 0.211. The van der Waals surface area contributed by atoms with Gasteiger partial charge in [0.1, 0.15) is 18.5 Å². The molecular weight excluding hydrogens is 582 g/mol. The predicted octanol–water partition coefficient (Wildman–Crippen LogP) is 5.30. The smallest absolute Gasteiger partial charge is 0.311 e. The highest BCUT2D eigenvalue weighted by molar-refractivity contribution is 5.80. The molecule has 0 aliphatic carbocycles. The Kier molecular flexibility index (Phi) is 12.0. The van der Waals surface area contributed by atoms with Gasteiger partial charge in [0.05, 0.1) is 28.8 Å². The summed E-state index contributed by atoms with van der Waals surface area (Å²) in [5.74, 6) is -1.74. The number of carbonyl (C=O) groups is 4. The Morgan fingerprint density at radius 2 is 1.09 bits per heavy atom. The van der Waals surface area contributed by atoms with Gasteiger partial charge >= 0.3 is 23.9 Å². The molecular formula is C34H51NO10. The fourth-order valence-corrected chi connectivity index (χ4v) is 3.68. The average molecular weight is 634 g/mol. The molecule has 0 saturated carbocycles. The van der Waals surface area contributed by atoms with Gasteiger partial charge in [0, 0.05) is 6.21 Å². The van der Waals surface area contributed by atoms with Crippen molar-refractivity contribution < 1.29 is 47.6 Å². The van der Waals surface area contributed by atoms with E-state index < -0.39 is 76.2 Å². The van der Waals surface area contributed by atoms with Crippen molar-refractivity contribution in [3.05, 3.63) is 29.8 Å². The first-order valence-corrected chi connectivity index (χ1v) is 15.1. The molecule has 252 valence electrons. The number of hydrogen-bond acceptors (Lipinski definition) is 11. The number of esters is 4. The fraction of sp³-hybridized carbons (Fsp3) is 0.676. The highest BCUT2D eigenvalue weighted by atomic mass is 16.7. The lowest BCUT2D eigenvalue weighted by atomic mass is 9.92. The van der Waals surface area contributed by atoms with E-state index in [0.29, 0.717) is 11.3 Å². The van der Waals surface area contributed by atoms with Crippen LogP contribution < -0.4 is 4.74 Å². The molecule has 1 aromatic rings. The zero-order chi connectivity index (χ0) is 34.5. The van der Waals surface area contributed by atoms with Gasteiger partial charge in [0.15, 0.2) is 24.5 Å². The van der Waals surface area contributed by atoms with E-state index in [4.69, 9.17) is 28.4 Å². The third-order valence-electron chi connectivity index (χ3n) is 6.65. The van der Waals surface area contributed by atoms with Crippen LogP contribution in [0.4, 0.5) is 0 Å². The normalized spacial score (nSPS) is 22.8. The highest BCUT2D eigenvalue weighted by Crippen LogP contribution is 2.34. The molecule has 1 saturated heterocycles. The minimum Gasteiger partial charge on any atom is -0.497 e. The Balaban J connectivity index is 2.71. The number of nitrogens with zero attached hydrogens (tertiary/aromatic N) is 1. The second-order valence-corrected chi connectivity index (χ2v) is 15.3. The largest absolute Gasteiger partial charge is 0.497 e. The molecule has 0 spiro atoms. The standard InChI is InChI=1S/C34H51NO10/c1-31(2,3)27(36)41-19-22-23(43-28(37)32(4,5)6)24(44-29(38)33(7,8)9)25(45-30(39)34(10,11)12)26(42-22)35-18-20-14-16-21(40-13)17-15-20/h14-18,22-26H,19H2,1-13H3/b35-18+/t22-,23-,24+,25-,26?/m1/s1. The Hall–Kier alpha value is -3.47. The Morgan fingerprint density at radius 3 is 1.51 bits per heavy atom. The lowest BCUT2D eigenvalue weighted by Gasteiger charge is -2.45. The summed E-state index contributed by atoms with van der Waals surface area (Å²) in [4.78, 5) is 57.3. The number of methoxy groups -OCH3 is 1. The van der Waals surface area contributed by atoms with Gasteiger partial charge in [-0.2, -0.15) is 0 Å². The molecule has 1 unspecified atom stereocenters. The monoisotopic (exact) mass is 633 g/mol. The van der Waals surface area contributed by atoms with E-state index in [1.807, 2.05) is 0 Å². The van der Waals surface area contributed by atoms with Gasteiger partial charge in [-0.1, -0.05) is 0 Å². The molecule has 2 rings (SSSR count). The minimum absolute atomic E-state index is 0.351. The summed E-state index contributed by atoms with van der Waals surface area (Å²) in [6.07, 6.45) is -4.86. The maximum Gasteiger partial charge on any atom is 0.311 e. The van der Waals surface area contributed by atoms with Crippen LogP contribution in [0, 0.1) is 21.7 Å². The average Bonchev–Trinajstić information content (AvgIpc) is 2.91. The van der Waals surface area contributed by atoms with Crippen molar-refractivity contribution >= 4 is 30.1 Å². The van der Waals surface area contributed by atoms with Crippen LogP contribution in [-0.4, -0.2) is 74.5 Å². The number of rotatable bonds is 8. The van der Waals surface area contributed by atoms with Crippen LogP contribution in [0.15, 0.2) is 29.3 Å². The van der Waals surface area contributed by atoms with Crippen molar-refractivity contribution in [3.8, 4) is 5.75 Å². The van der Waals surface area contributed by atoms with E-state index in [0.717, 1.165) is 0 Å². The van der Waals surface area contributed by atoms with E-state index >= 15 is 0 Å². The summed E-state index contributed by atoms with van der Waals surface area (Å²) in [6.45, 7) is 19.8. The molecule has 1 fully saturated rings. The van der Waals surface area contributed by atoms with Gasteiger partial charge in [-0.25, -0.2) is 0 Å². The van der Waals surface area contributed by atoms with Crippen LogP contribution in [0.2, 0.25) is 0 Å². The van der Waals surface area contributed by atoms with E-state index in [1.165, 1.54) is 6.21 Å². The van der Waals surface area contributed by atoms with Gasteiger partial charge in [0.2, 0.25) is 0 Å². The molecule has 45 heavy (non-hydrogen) atoms. The summed E-state index contributed by atoms with van der Waals surface area (Å²) in [7, 11) is 1.56. The van der Waals surface area contributed by atoms with E-state index in [9.17, 15) is 19.2 Å². The van der Waals surface area contributed by atoms with Gasteiger partial charge in [0.25, 0.3) is 0 Å². The first-order valence-electron chi connectivity index (χ1n) is 15.1. The molecule has 1 aliphatic heterocycles. The lowest BCUT2D eigenvalue weighted by molar-refractivity contribution is -0.258. The minimum atomic E-state index is -1.36. The number of carbonyl (C=O) groups excluding carboxylic acids is 4. The highest BCUT2D eigenvalue weighted by Gasteiger charge is 2.54. The molecule has 0 bridgehead atoms. The number of benzene rings is 1. The maximum absolute atomic E-state index is 13.4. The summed E-state index contributed by atoms with van der Waals surface area (Å²) < 4.78 is 35.1. The molecule has 0 amide bonds. The summed E-state index contributed by atoms with van der Waals surface area (Å²) >= 11 is 0. The Bertz CT molecular complexity index is 1230. The molecule has 0 radical (unpaired) electrons. The van der Waals surface area contributed by atoms with Crippen molar-refractivity contribution in [1.82, 2.24) is 0 Å². The van der Waals surface area contributed by atoms with Crippen molar-refractivity contribution in [2.45, 2.75) is 114 Å². The molecule has 1 heterocycles. The zero-order valence-electron chi connectivity index (χ0n) is 29.0. The van der Waals surface area contributed by atoms with Crippen molar-refractivity contribution in [2.24, 2.45) is 26.7 Å². The van der Waals surface area contributed by atoms with Gasteiger partial charge in [-0.05, 0) is 113 Å². The van der Waals surface area contributed by atoms with Crippen LogP contribution in [0.25, 0.3) is 0 Å². The van der Waals surface area contributed by atoms with Crippen molar-refractivity contribution in [1.29, 1.82) is 0 Å². The lowest BCUT2D eigenvalue weighted by Crippen LogP contribution is -2.63. The first-order chi connectivity index (χ1) is 20.4. The number of aliphatic imine (C=N–C) groups is 1. The third kappa shape index (κ3) is 10.8. The SMILES string of the molecule is COc1ccc(/C=N/C2O[C@H](COC(=O)C(C)(C)C)[C@@H](OC(=O)C(C)(C)C)[C@H](OC(=O)C(C)(C)C)[C@H]2OC(=O)C(C)(C)C)cc1. The molecule has 5 atom stereocenters. The van der Waals surface area contributed by atoms with Crippen LogP contribution in [0.5, 0.6) is 5.75 Å². The topological polar surface area (TPSA) is 136 Å². The maximum atomic E-state index is 13.4. The molecule has 0 N–H and O–H groups in total. The zero-order valence-corrected chi connectivity index (χ0v) is 29.0. The second kappa shape index (κ2) is 14.3. The summed E-state index contributed by atoms with van der Waals surface area (Å²) in [5.41, 5.74) is -3.02. The van der Waals surface area contributed by atoms with Crippen molar-refractivity contribution in [3.63, 3.8) is 0 Å². The van der Waals surface area contributed by atoms with Gasteiger partial charge < -0.3 is 28.4 Å². The van der Waals surface area contributed by atoms with Crippen LogP contribution >= 0.6 is 0 Å². The second-order valence-electron chi connectivity index (χ2n) is 15.3. The van der Waals surface area contributed by atoms with E-state index in [-0.39, 0.29) is 6.61 Å². The van der Waals surface area contributed by atoms with Gasteiger partial charge in [-0.15, -0.1) is 0 Å². The summed E-state index contributed by atoms with van der Waals surface area (Å²) in [5, 5.41) is 0. The van der Waals surface area contributed by atoms with E-state index in [1.54, 1.807) is 114 Å². The fourth-order valence-electron chi connectivity index (χ4n) is 3.68.